The van der Waals surface area contributed by atoms with E-state index in [-0.39, 0.29) is 5.56 Å². The average molecular weight is 250 g/mol. The van der Waals surface area contributed by atoms with Gasteiger partial charge in [0.2, 0.25) is 0 Å². The number of carbonyl (C=O) groups is 1. The van der Waals surface area contributed by atoms with Crippen LogP contribution in [0.4, 0.5) is 5.82 Å². The van der Waals surface area contributed by atoms with E-state index in [2.05, 4.69) is 9.88 Å². The Morgan fingerprint density at radius 3 is 3.22 bits per heavy atom. The summed E-state index contributed by atoms with van der Waals surface area (Å²) in [6.45, 7) is 2.38. The standard InChI is InChI=1S/C13H18N2O3/c1-18-9-10-4-3-7-15(8-10)12-11(13(16)17)5-2-6-14-12/h2,5-6,10H,3-4,7-9H2,1H3,(H,16,17). The molecule has 98 valence electrons. The minimum absolute atomic E-state index is 0.274. The molecule has 0 radical (unpaired) electrons. The molecule has 0 aliphatic carbocycles. The fourth-order valence-electron chi connectivity index (χ4n) is 2.45. The van der Waals surface area contributed by atoms with E-state index in [1.807, 2.05) is 0 Å². The third kappa shape index (κ3) is 2.79. The lowest BCUT2D eigenvalue weighted by atomic mass is 9.98. The van der Waals surface area contributed by atoms with Gasteiger partial charge in [-0.3, -0.25) is 0 Å². The maximum absolute atomic E-state index is 11.2. The second-order valence-electron chi connectivity index (χ2n) is 4.59. The van der Waals surface area contributed by atoms with Crippen molar-refractivity contribution >= 4 is 11.8 Å². The van der Waals surface area contributed by atoms with Crippen LogP contribution in [0.15, 0.2) is 18.3 Å². The monoisotopic (exact) mass is 250 g/mol. The lowest BCUT2D eigenvalue weighted by molar-refractivity contribution is 0.0697. The number of pyridine rings is 1. The van der Waals surface area contributed by atoms with Crippen LogP contribution in [0.5, 0.6) is 0 Å². The van der Waals surface area contributed by atoms with Gasteiger partial charge in [0.25, 0.3) is 0 Å². The number of aromatic carboxylic acids is 1. The van der Waals surface area contributed by atoms with Crippen molar-refractivity contribution in [2.75, 3.05) is 31.7 Å². The van der Waals surface area contributed by atoms with Gasteiger partial charge in [-0.25, -0.2) is 9.78 Å². The molecule has 1 atom stereocenters. The van der Waals surface area contributed by atoms with Crippen molar-refractivity contribution in [3.05, 3.63) is 23.9 Å². The molecule has 0 saturated carbocycles. The second kappa shape index (κ2) is 5.82. The minimum Gasteiger partial charge on any atom is -0.478 e. The fourth-order valence-corrected chi connectivity index (χ4v) is 2.45. The molecular formula is C13H18N2O3. The lowest BCUT2D eigenvalue weighted by Crippen LogP contribution is -2.38. The first-order valence-electron chi connectivity index (χ1n) is 6.14. The normalized spacial score (nSPS) is 19.8. The van der Waals surface area contributed by atoms with Crippen LogP contribution in [0.1, 0.15) is 23.2 Å². The van der Waals surface area contributed by atoms with Crippen LogP contribution in [0.3, 0.4) is 0 Å². The molecule has 18 heavy (non-hydrogen) atoms. The molecule has 5 heteroatoms. The molecule has 2 heterocycles. The Labute approximate surface area is 106 Å². The number of carboxylic acids is 1. The molecule has 0 spiro atoms. The largest absolute Gasteiger partial charge is 0.478 e. The predicted molar refractivity (Wildman–Crippen MR) is 68.0 cm³/mol. The molecule has 1 N–H and O–H groups in total. The Hall–Kier alpha value is -1.62. The number of aromatic nitrogens is 1. The summed E-state index contributed by atoms with van der Waals surface area (Å²) in [5, 5.41) is 9.17. The molecule has 0 aromatic carbocycles. The quantitative estimate of drug-likeness (QED) is 0.880. The number of anilines is 1. The third-order valence-corrected chi connectivity index (χ3v) is 3.24. The number of carboxylic acid groups (broad SMARTS) is 1. The molecule has 0 bridgehead atoms. The van der Waals surface area contributed by atoms with Gasteiger partial charge in [0, 0.05) is 26.4 Å². The number of ether oxygens (including phenoxy) is 1. The highest BCUT2D eigenvalue weighted by molar-refractivity contribution is 5.93. The topological polar surface area (TPSA) is 62.7 Å². The van der Waals surface area contributed by atoms with E-state index in [0.717, 1.165) is 25.9 Å². The van der Waals surface area contributed by atoms with E-state index in [1.165, 1.54) is 0 Å². The Kier molecular flexibility index (Phi) is 4.15. The van der Waals surface area contributed by atoms with Crippen LogP contribution in [-0.2, 0) is 4.74 Å². The van der Waals surface area contributed by atoms with Crippen LogP contribution in [0.25, 0.3) is 0 Å². The molecule has 0 amide bonds. The number of methoxy groups -OCH3 is 1. The molecule has 1 aliphatic heterocycles. The van der Waals surface area contributed by atoms with Gasteiger partial charge in [0.1, 0.15) is 11.4 Å². The molecular weight excluding hydrogens is 232 g/mol. The Bertz CT molecular complexity index is 420. The van der Waals surface area contributed by atoms with E-state index in [9.17, 15) is 9.90 Å². The molecule has 1 fully saturated rings. The first kappa shape index (κ1) is 12.8. The number of hydrogen-bond donors (Lipinski definition) is 1. The van der Waals surface area contributed by atoms with Crippen LogP contribution in [0.2, 0.25) is 0 Å². The molecule has 1 aliphatic rings. The molecule has 1 unspecified atom stereocenters. The van der Waals surface area contributed by atoms with Gasteiger partial charge >= 0.3 is 5.97 Å². The van der Waals surface area contributed by atoms with E-state index in [0.29, 0.717) is 18.3 Å². The summed E-state index contributed by atoms with van der Waals surface area (Å²) in [5.74, 6) is 0.102. The second-order valence-corrected chi connectivity index (χ2v) is 4.59. The van der Waals surface area contributed by atoms with Crippen molar-refractivity contribution in [3.8, 4) is 0 Å². The predicted octanol–water partition coefficient (Wildman–Crippen LogP) is 1.64. The van der Waals surface area contributed by atoms with Crippen molar-refractivity contribution < 1.29 is 14.6 Å². The number of piperidine rings is 1. The Morgan fingerprint density at radius 1 is 1.67 bits per heavy atom. The van der Waals surface area contributed by atoms with E-state index >= 15 is 0 Å². The van der Waals surface area contributed by atoms with Gasteiger partial charge < -0.3 is 14.7 Å². The summed E-state index contributed by atoms with van der Waals surface area (Å²) in [6, 6.07) is 3.26. The number of rotatable bonds is 4. The molecule has 1 aromatic heterocycles. The van der Waals surface area contributed by atoms with E-state index in [4.69, 9.17) is 4.74 Å². The summed E-state index contributed by atoms with van der Waals surface area (Å²) in [6.07, 6.45) is 3.81. The van der Waals surface area contributed by atoms with E-state index in [1.54, 1.807) is 25.4 Å². The lowest BCUT2D eigenvalue weighted by Gasteiger charge is -2.33. The van der Waals surface area contributed by atoms with Crippen molar-refractivity contribution in [2.24, 2.45) is 5.92 Å². The van der Waals surface area contributed by atoms with Crippen molar-refractivity contribution in [2.45, 2.75) is 12.8 Å². The van der Waals surface area contributed by atoms with Crippen LogP contribution >= 0.6 is 0 Å². The fraction of sp³-hybridized carbons (Fsp3) is 0.538. The van der Waals surface area contributed by atoms with Crippen LogP contribution in [0, 0.1) is 5.92 Å². The SMILES string of the molecule is COCC1CCCN(c2ncccc2C(=O)O)C1. The molecule has 1 aromatic rings. The summed E-state index contributed by atoms with van der Waals surface area (Å²) in [4.78, 5) is 17.5. The zero-order valence-electron chi connectivity index (χ0n) is 10.5. The van der Waals surface area contributed by atoms with Crippen molar-refractivity contribution in [1.29, 1.82) is 0 Å². The highest BCUT2D eigenvalue weighted by Gasteiger charge is 2.24. The molecule has 1 saturated heterocycles. The van der Waals surface area contributed by atoms with Gasteiger partial charge in [-0.1, -0.05) is 0 Å². The molecule has 5 nitrogen and oxygen atoms in total. The zero-order valence-corrected chi connectivity index (χ0v) is 10.5. The zero-order chi connectivity index (χ0) is 13.0. The summed E-state index contributed by atoms with van der Waals surface area (Å²) in [5.41, 5.74) is 0.274. The highest BCUT2D eigenvalue weighted by atomic mass is 16.5. The first-order valence-corrected chi connectivity index (χ1v) is 6.14. The van der Waals surface area contributed by atoms with Crippen molar-refractivity contribution in [3.63, 3.8) is 0 Å². The highest BCUT2D eigenvalue weighted by Crippen LogP contribution is 2.24. The number of hydrogen-bond acceptors (Lipinski definition) is 4. The minimum atomic E-state index is -0.924. The average Bonchev–Trinajstić information content (AvgIpc) is 2.39. The van der Waals surface area contributed by atoms with Gasteiger partial charge in [-0.15, -0.1) is 0 Å². The van der Waals surface area contributed by atoms with E-state index < -0.39 is 5.97 Å². The van der Waals surface area contributed by atoms with Crippen LogP contribution in [-0.4, -0.2) is 42.9 Å². The summed E-state index contributed by atoms with van der Waals surface area (Å²) >= 11 is 0. The maximum Gasteiger partial charge on any atom is 0.339 e. The third-order valence-electron chi connectivity index (χ3n) is 3.24. The van der Waals surface area contributed by atoms with Gasteiger partial charge in [-0.05, 0) is 30.9 Å². The first-order chi connectivity index (χ1) is 8.72. The molecule has 2 rings (SSSR count). The van der Waals surface area contributed by atoms with Crippen LogP contribution < -0.4 is 4.90 Å². The number of nitrogens with zero attached hydrogens (tertiary/aromatic N) is 2. The smallest absolute Gasteiger partial charge is 0.339 e. The van der Waals surface area contributed by atoms with Gasteiger partial charge in [0.15, 0.2) is 0 Å². The van der Waals surface area contributed by atoms with Gasteiger partial charge in [-0.2, -0.15) is 0 Å². The van der Waals surface area contributed by atoms with Gasteiger partial charge in [0.05, 0.1) is 6.61 Å². The summed E-state index contributed by atoms with van der Waals surface area (Å²) < 4.78 is 5.18. The summed E-state index contributed by atoms with van der Waals surface area (Å²) in [7, 11) is 1.70. The van der Waals surface area contributed by atoms with Crippen molar-refractivity contribution in [1.82, 2.24) is 4.98 Å². The Balaban J connectivity index is 2.18. The maximum atomic E-state index is 11.2. The Morgan fingerprint density at radius 2 is 2.50 bits per heavy atom.